The van der Waals surface area contributed by atoms with Gasteiger partial charge >= 0.3 is 0 Å². The minimum absolute atomic E-state index is 0.162. The van der Waals surface area contributed by atoms with Crippen LogP contribution < -0.4 is 10.5 Å². The van der Waals surface area contributed by atoms with Crippen LogP contribution in [0.15, 0.2) is 28.0 Å². The lowest BCUT2D eigenvalue weighted by atomic mass is 9.95. The second kappa shape index (κ2) is 7.13. The van der Waals surface area contributed by atoms with Gasteiger partial charge in [0.15, 0.2) is 0 Å². The molecule has 20 heavy (non-hydrogen) atoms. The summed E-state index contributed by atoms with van der Waals surface area (Å²) in [5.41, 5.74) is 5.58. The Morgan fingerprint density at radius 3 is 2.40 bits per heavy atom. The van der Waals surface area contributed by atoms with Crippen LogP contribution in [0.5, 0.6) is 0 Å². The van der Waals surface area contributed by atoms with E-state index in [1.165, 1.54) is 17.8 Å². The molecule has 3 N–H and O–H groups in total. The van der Waals surface area contributed by atoms with Crippen LogP contribution in [0.3, 0.4) is 0 Å². The number of hydrogen-bond acceptors (Lipinski definition) is 4. The first-order valence-electron chi connectivity index (χ1n) is 6.40. The minimum Gasteiger partial charge on any atom is -0.324 e. The van der Waals surface area contributed by atoms with E-state index in [1.807, 2.05) is 20.1 Å². The third-order valence-electron chi connectivity index (χ3n) is 3.46. The second-order valence-corrected chi connectivity index (χ2v) is 7.71. The molecule has 0 radical (unpaired) electrons. The molecule has 0 saturated carbocycles. The van der Waals surface area contributed by atoms with E-state index in [2.05, 4.69) is 4.72 Å². The summed E-state index contributed by atoms with van der Waals surface area (Å²) < 4.78 is 27.0. The molecule has 0 aliphatic carbocycles. The highest BCUT2D eigenvalue weighted by atomic mass is 35.5. The van der Waals surface area contributed by atoms with Crippen molar-refractivity contribution >= 4 is 33.4 Å². The highest BCUT2D eigenvalue weighted by Crippen LogP contribution is 2.27. The van der Waals surface area contributed by atoms with E-state index in [4.69, 9.17) is 17.3 Å². The number of rotatable bonds is 7. The molecule has 0 aliphatic heterocycles. The molecular formula is C13H21ClN2O2S2. The molecule has 114 valence electrons. The van der Waals surface area contributed by atoms with E-state index in [-0.39, 0.29) is 11.4 Å². The van der Waals surface area contributed by atoms with Crippen molar-refractivity contribution < 1.29 is 8.42 Å². The molecule has 1 rings (SSSR count). The summed E-state index contributed by atoms with van der Waals surface area (Å²) >= 11 is 7.51. The van der Waals surface area contributed by atoms with Gasteiger partial charge in [0.25, 0.3) is 0 Å². The zero-order valence-electron chi connectivity index (χ0n) is 11.9. The Balaban J connectivity index is 2.92. The Kier molecular flexibility index (Phi) is 6.34. The molecule has 4 nitrogen and oxygen atoms in total. The lowest BCUT2D eigenvalue weighted by Gasteiger charge is -2.26. The largest absolute Gasteiger partial charge is 0.324 e. The van der Waals surface area contributed by atoms with Gasteiger partial charge in [0.05, 0.1) is 9.92 Å². The number of hydrogen-bond donors (Lipinski definition) is 2. The first kappa shape index (κ1) is 17.8. The van der Waals surface area contributed by atoms with Crippen LogP contribution >= 0.6 is 23.4 Å². The Labute approximate surface area is 130 Å². The molecule has 0 spiro atoms. The molecule has 0 unspecified atom stereocenters. The predicted octanol–water partition coefficient (Wildman–Crippen LogP) is 2.86. The first-order chi connectivity index (χ1) is 9.28. The van der Waals surface area contributed by atoms with Crippen LogP contribution in [-0.4, -0.2) is 26.8 Å². The summed E-state index contributed by atoms with van der Waals surface area (Å²) in [4.78, 5) is 1.01. The number of halogens is 1. The molecule has 0 aromatic heterocycles. The molecule has 0 saturated heterocycles. The third-order valence-corrected chi connectivity index (χ3v) is 6.08. The smallest absolute Gasteiger partial charge is 0.240 e. The van der Waals surface area contributed by atoms with Crippen LogP contribution in [0, 0.1) is 0 Å². The first-order valence-corrected chi connectivity index (χ1v) is 9.48. The molecule has 7 heteroatoms. The predicted molar refractivity (Wildman–Crippen MR) is 85.9 cm³/mol. The van der Waals surface area contributed by atoms with Gasteiger partial charge in [-0.15, -0.1) is 11.8 Å². The van der Waals surface area contributed by atoms with Gasteiger partial charge in [-0.1, -0.05) is 25.4 Å². The third kappa shape index (κ3) is 4.36. The fourth-order valence-corrected chi connectivity index (χ4v) is 3.74. The fourth-order valence-electron chi connectivity index (χ4n) is 1.64. The minimum atomic E-state index is -3.58. The van der Waals surface area contributed by atoms with E-state index >= 15 is 0 Å². The molecule has 0 aliphatic rings. The topological polar surface area (TPSA) is 72.2 Å². The Morgan fingerprint density at radius 1 is 1.35 bits per heavy atom. The number of sulfonamides is 1. The molecule has 0 heterocycles. The summed E-state index contributed by atoms with van der Waals surface area (Å²) in [6.07, 6.45) is 3.30. The van der Waals surface area contributed by atoms with Crippen molar-refractivity contribution in [2.75, 3.05) is 12.8 Å². The Hall–Kier alpha value is -0.270. The van der Waals surface area contributed by atoms with E-state index in [1.54, 1.807) is 12.1 Å². The molecule has 1 aromatic carbocycles. The number of benzene rings is 1. The van der Waals surface area contributed by atoms with Crippen LogP contribution in [0.2, 0.25) is 5.02 Å². The number of thioether (sulfide) groups is 1. The van der Waals surface area contributed by atoms with Crippen molar-refractivity contribution in [3.05, 3.63) is 23.2 Å². The normalized spacial score (nSPS) is 12.7. The van der Waals surface area contributed by atoms with Crippen LogP contribution in [0.1, 0.15) is 26.7 Å². The van der Waals surface area contributed by atoms with E-state index in [0.29, 0.717) is 17.9 Å². The van der Waals surface area contributed by atoms with Gasteiger partial charge in [-0.05, 0) is 37.3 Å². The lowest BCUT2D eigenvalue weighted by molar-refractivity contribution is 0.392. The van der Waals surface area contributed by atoms with Gasteiger partial charge < -0.3 is 5.73 Å². The van der Waals surface area contributed by atoms with Crippen molar-refractivity contribution in [1.82, 2.24) is 4.72 Å². The van der Waals surface area contributed by atoms with Crippen molar-refractivity contribution in [3.8, 4) is 0 Å². The van der Waals surface area contributed by atoms with E-state index in [9.17, 15) is 8.42 Å². The molecule has 0 atom stereocenters. The van der Waals surface area contributed by atoms with Crippen LogP contribution in [-0.2, 0) is 10.0 Å². The lowest BCUT2D eigenvalue weighted by Crippen LogP contribution is -2.49. The Bertz CT molecular complexity index is 557. The molecule has 0 bridgehead atoms. The van der Waals surface area contributed by atoms with Gasteiger partial charge in [0.2, 0.25) is 10.0 Å². The van der Waals surface area contributed by atoms with Gasteiger partial charge in [0.1, 0.15) is 0 Å². The summed E-state index contributed by atoms with van der Waals surface area (Å²) in [7, 11) is -3.58. The van der Waals surface area contributed by atoms with Gasteiger partial charge in [0, 0.05) is 17.0 Å². The monoisotopic (exact) mass is 336 g/mol. The second-order valence-electron chi connectivity index (χ2n) is 4.69. The summed E-state index contributed by atoms with van der Waals surface area (Å²) in [6, 6.07) is 4.72. The maximum atomic E-state index is 12.2. The molecule has 0 fully saturated rings. The summed E-state index contributed by atoms with van der Waals surface area (Å²) in [6.45, 7) is 4.11. The number of nitrogens with two attached hydrogens (primary N) is 1. The highest BCUT2D eigenvalue weighted by Gasteiger charge is 2.24. The maximum absolute atomic E-state index is 12.2. The zero-order valence-corrected chi connectivity index (χ0v) is 14.3. The molecule has 1 aromatic rings. The van der Waals surface area contributed by atoms with Crippen molar-refractivity contribution in [1.29, 1.82) is 0 Å². The van der Waals surface area contributed by atoms with Crippen LogP contribution in [0.25, 0.3) is 0 Å². The average Bonchev–Trinajstić information content (AvgIpc) is 2.44. The maximum Gasteiger partial charge on any atom is 0.240 e. The van der Waals surface area contributed by atoms with Gasteiger partial charge in [-0.3, -0.25) is 0 Å². The standard InChI is InChI=1S/C13H21ClN2O2S2/c1-4-13(15,5-2)9-16-20(17,18)10-6-7-12(19-3)11(14)8-10/h6-8,16H,4-5,9,15H2,1-3H3. The Morgan fingerprint density at radius 2 is 1.95 bits per heavy atom. The SMILES string of the molecule is CCC(N)(CC)CNS(=O)(=O)c1ccc(SC)c(Cl)c1. The molecule has 0 amide bonds. The van der Waals surface area contributed by atoms with Gasteiger partial charge in [-0.25, -0.2) is 13.1 Å². The molecular weight excluding hydrogens is 316 g/mol. The van der Waals surface area contributed by atoms with Crippen LogP contribution in [0.4, 0.5) is 0 Å². The highest BCUT2D eigenvalue weighted by molar-refractivity contribution is 7.98. The van der Waals surface area contributed by atoms with Crippen molar-refractivity contribution in [2.24, 2.45) is 5.73 Å². The van der Waals surface area contributed by atoms with E-state index in [0.717, 1.165) is 4.90 Å². The zero-order chi connectivity index (χ0) is 15.4. The average molecular weight is 337 g/mol. The van der Waals surface area contributed by atoms with E-state index < -0.39 is 15.6 Å². The van der Waals surface area contributed by atoms with Gasteiger partial charge in [-0.2, -0.15) is 0 Å². The van der Waals surface area contributed by atoms with Crippen molar-refractivity contribution in [3.63, 3.8) is 0 Å². The van der Waals surface area contributed by atoms with Crippen molar-refractivity contribution in [2.45, 2.75) is 42.0 Å². The summed E-state index contributed by atoms with van der Waals surface area (Å²) in [5.74, 6) is 0. The fraction of sp³-hybridized carbons (Fsp3) is 0.538. The number of nitrogens with one attached hydrogen (secondary N) is 1. The summed E-state index contributed by atoms with van der Waals surface area (Å²) in [5, 5.41) is 0.436. The quantitative estimate of drug-likeness (QED) is 0.751.